The van der Waals surface area contributed by atoms with E-state index < -0.39 is 0 Å². The number of rotatable bonds is 3. The van der Waals surface area contributed by atoms with Crippen LogP contribution in [0, 0.1) is 0 Å². The van der Waals surface area contributed by atoms with Crippen molar-refractivity contribution >= 4 is 41.7 Å². The van der Waals surface area contributed by atoms with Crippen molar-refractivity contribution in [3.8, 4) is 0 Å². The molecule has 1 aromatic rings. The minimum Gasteiger partial charge on any atom is -0.336 e. The highest BCUT2D eigenvalue weighted by atomic mass is 35.5. The normalized spacial score (nSPS) is 20.1. The molecule has 1 aliphatic heterocycles. The summed E-state index contributed by atoms with van der Waals surface area (Å²) in [7, 11) is 0. The van der Waals surface area contributed by atoms with Crippen molar-refractivity contribution in [1.29, 1.82) is 0 Å². The van der Waals surface area contributed by atoms with Crippen molar-refractivity contribution in [2.24, 2.45) is 0 Å². The molecule has 1 aliphatic rings. The predicted octanol–water partition coefficient (Wildman–Crippen LogP) is 3.06. The number of nitrogens with zero attached hydrogens (tertiary/aromatic N) is 1. The molecule has 1 heterocycles. The average molecular weight is 335 g/mol. The molecule has 20 heavy (non-hydrogen) atoms. The molecule has 0 aromatic heterocycles. The summed E-state index contributed by atoms with van der Waals surface area (Å²) in [5, 5.41) is 3.95. The second kappa shape index (κ2) is 8.13. The first kappa shape index (κ1) is 17.6. The summed E-state index contributed by atoms with van der Waals surface area (Å²) in [6.45, 7) is 6.62. The molecule has 0 radical (unpaired) electrons. The van der Waals surface area contributed by atoms with Crippen LogP contribution in [0.3, 0.4) is 0 Å². The number of halogens is 2. The van der Waals surface area contributed by atoms with Crippen LogP contribution in [0.5, 0.6) is 0 Å². The maximum Gasteiger partial charge on any atom is 0.236 e. The lowest BCUT2D eigenvalue weighted by atomic mass is 10.2. The van der Waals surface area contributed by atoms with Gasteiger partial charge in [0.2, 0.25) is 5.91 Å². The zero-order valence-corrected chi connectivity index (χ0v) is 14.0. The zero-order chi connectivity index (χ0) is 13.8. The van der Waals surface area contributed by atoms with Crippen LogP contribution in [-0.2, 0) is 4.79 Å². The Bertz CT molecular complexity index is 441. The van der Waals surface area contributed by atoms with Gasteiger partial charge in [-0.15, -0.1) is 24.2 Å². The molecular formula is C14H20Cl2N2OS. The van der Waals surface area contributed by atoms with E-state index in [2.05, 4.69) is 12.2 Å². The smallest absolute Gasteiger partial charge is 0.236 e. The van der Waals surface area contributed by atoms with Crippen LogP contribution in [-0.4, -0.2) is 41.7 Å². The van der Waals surface area contributed by atoms with Gasteiger partial charge in [0.25, 0.3) is 0 Å². The fraction of sp³-hybridized carbons (Fsp3) is 0.500. The van der Waals surface area contributed by atoms with E-state index in [4.69, 9.17) is 11.6 Å². The van der Waals surface area contributed by atoms with E-state index in [1.807, 2.05) is 36.1 Å². The van der Waals surface area contributed by atoms with Gasteiger partial charge in [0.15, 0.2) is 0 Å². The van der Waals surface area contributed by atoms with Crippen LogP contribution >= 0.6 is 35.8 Å². The van der Waals surface area contributed by atoms with Crippen LogP contribution in [0.1, 0.15) is 13.8 Å². The third-order valence-corrected chi connectivity index (χ3v) is 4.61. The molecular weight excluding hydrogens is 315 g/mol. The fourth-order valence-electron chi connectivity index (χ4n) is 2.17. The molecule has 0 bridgehead atoms. The van der Waals surface area contributed by atoms with Gasteiger partial charge < -0.3 is 10.2 Å². The standard InChI is InChI=1S/C14H19ClN2OS.ClH/c1-10-9-16-7-8-17(10)14(18)11(2)19-13-5-3-12(15)4-6-13;/h3-6,10-11,16H,7-9H2,1-2H3;1H/t10-,11?;/m0./s1. The van der Waals surface area contributed by atoms with Crippen molar-refractivity contribution in [2.75, 3.05) is 19.6 Å². The van der Waals surface area contributed by atoms with Crippen molar-refractivity contribution in [1.82, 2.24) is 10.2 Å². The molecule has 1 amide bonds. The Labute approximate surface area is 135 Å². The van der Waals surface area contributed by atoms with Crippen LogP contribution in [0.25, 0.3) is 0 Å². The van der Waals surface area contributed by atoms with E-state index in [1.54, 1.807) is 11.8 Å². The topological polar surface area (TPSA) is 32.3 Å². The molecule has 1 saturated heterocycles. The molecule has 0 saturated carbocycles. The van der Waals surface area contributed by atoms with Gasteiger partial charge >= 0.3 is 0 Å². The van der Waals surface area contributed by atoms with Gasteiger partial charge in [-0.25, -0.2) is 0 Å². The lowest BCUT2D eigenvalue weighted by molar-refractivity contribution is -0.133. The van der Waals surface area contributed by atoms with Gasteiger partial charge in [0.1, 0.15) is 0 Å². The summed E-state index contributed by atoms with van der Waals surface area (Å²) < 4.78 is 0. The van der Waals surface area contributed by atoms with Gasteiger partial charge in [0.05, 0.1) is 5.25 Å². The summed E-state index contributed by atoms with van der Waals surface area (Å²) in [6.07, 6.45) is 0. The lowest BCUT2D eigenvalue weighted by Crippen LogP contribution is -2.54. The molecule has 0 aliphatic carbocycles. The molecule has 1 unspecified atom stereocenters. The second-order valence-corrected chi connectivity index (χ2v) is 6.65. The van der Waals surface area contributed by atoms with E-state index in [0.717, 1.165) is 29.6 Å². The van der Waals surface area contributed by atoms with E-state index in [9.17, 15) is 4.79 Å². The molecule has 2 rings (SSSR count). The van der Waals surface area contributed by atoms with Gasteiger partial charge in [0, 0.05) is 35.6 Å². The number of carbonyl (C=O) groups excluding carboxylic acids is 1. The third-order valence-electron chi connectivity index (χ3n) is 3.26. The predicted molar refractivity (Wildman–Crippen MR) is 88.1 cm³/mol. The van der Waals surface area contributed by atoms with Crippen LogP contribution in [0.15, 0.2) is 29.2 Å². The molecule has 2 atom stereocenters. The number of amides is 1. The second-order valence-electron chi connectivity index (χ2n) is 4.80. The van der Waals surface area contributed by atoms with Gasteiger partial charge in [-0.1, -0.05) is 11.6 Å². The average Bonchev–Trinajstić information content (AvgIpc) is 2.41. The van der Waals surface area contributed by atoms with E-state index in [1.165, 1.54) is 0 Å². The van der Waals surface area contributed by atoms with E-state index in [-0.39, 0.29) is 29.6 Å². The first-order chi connectivity index (χ1) is 9.08. The first-order valence-electron chi connectivity index (χ1n) is 6.51. The van der Waals surface area contributed by atoms with Gasteiger partial charge in [-0.05, 0) is 38.1 Å². The molecule has 1 N–H and O–H groups in total. The minimum atomic E-state index is -0.0678. The minimum absolute atomic E-state index is 0. The van der Waals surface area contributed by atoms with Crippen molar-refractivity contribution in [2.45, 2.75) is 30.0 Å². The Hall–Kier alpha value is -0.420. The number of carbonyl (C=O) groups is 1. The monoisotopic (exact) mass is 334 g/mol. The highest BCUT2D eigenvalue weighted by Crippen LogP contribution is 2.26. The van der Waals surface area contributed by atoms with E-state index in [0.29, 0.717) is 0 Å². The van der Waals surface area contributed by atoms with Gasteiger partial charge in [-0.2, -0.15) is 0 Å². The highest BCUT2D eigenvalue weighted by Gasteiger charge is 2.27. The lowest BCUT2D eigenvalue weighted by Gasteiger charge is -2.35. The fourth-order valence-corrected chi connectivity index (χ4v) is 3.23. The summed E-state index contributed by atoms with van der Waals surface area (Å²) in [5.74, 6) is 0.217. The number of thioether (sulfide) groups is 1. The van der Waals surface area contributed by atoms with Gasteiger partial charge in [-0.3, -0.25) is 4.79 Å². The number of hydrogen-bond acceptors (Lipinski definition) is 3. The number of hydrogen-bond donors (Lipinski definition) is 1. The van der Waals surface area contributed by atoms with Crippen LogP contribution < -0.4 is 5.32 Å². The summed E-state index contributed by atoms with van der Waals surface area (Å²) >= 11 is 7.45. The number of piperazine rings is 1. The first-order valence-corrected chi connectivity index (χ1v) is 7.77. The zero-order valence-electron chi connectivity index (χ0n) is 11.6. The molecule has 1 aromatic carbocycles. The maximum absolute atomic E-state index is 12.4. The molecule has 1 fully saturated rings. The van der Waals surface area contributed by atoms with Crippen molar-refractivity contribution in [3.05, 3.63) is 29.3 Å². The Kier molecular flexibility index (Phi) is 7.17. The summed E-state index contributed by atoms with van der Waals surface area (Å²) in [6, 6.07) is 7.90. The molecule has 6 heteroatoms. The third kappa shape index (κ3) is 4.55. The quantitative estimate of drug-likeness (QED) is 0.862. The van der Waals surface area contributed by atoms with E-state index >= 15 is 0 Å². The number of nitrogens with one attached hydrogen (secondary N) is 1. The molecule has 3 nitrogen and oxygen atoms in total. The Balaban J connectivity index is 0.00000200. The Morgan fingerprint density at radius 1 is 1.45 bits per heavy atom. The maximum atomic E-state index is 12.4. The highest BCUT2D eigenvalue weighted by molar-refractivity contribution is 8.00. The molecule has 0 spiro atoms. The molecule has 112 valence electrons. The van der Waals surface area contributed by atoms with Crippen molar-refractivity contribution in [3.63, 3.8) is 0 Å². The van der Waals surface area contributed by atoms with Crippen LogP contribution in [0.2, 0.25) is 5.02 Å². The number of benzene rings is 1. The Morgan fingerprint density at radius 3 is 2.70 bits per heavy atom. The summed E-state index contributed by atoms with van der Waals surface area (Å²) in [5.41, 5.74) is 0. The Morgan fingerprint density at radius 2 is 2.10 bits per heavy atom. The van der Waals surface area contributed by atoms with Crippen LogP contribution in [0.4, 0.5) is 0 Å². The SMILES string of the molecule is CC(Sc1ccc(Cl)cc1)C(=O)N1CCNC[C@@H]1C.Cl. The largest absolute Gasteiger partial charge is 0.336 e. The van der Waals surface area contributed by atoms with Crippen molar-refractivity contribution < 1.29 is 4.79 Å². The summed E-state index contributed by atoms with van der Waals surface area (Å²) in [4.78, 5) is 15.5.